The van der Waals surface area contributed by atoms with Crippen molar-refractivity contribution in [3.05, 3.63) is 140 Å². The van der Waals surface area contributed by atoms with Crippen LogP contribution in [-0.4, -0.2) is 66.2 Å². The highest BCUT2D eigenvalue weighted by Gasteiger charge is 2.21. The van der Waals surface area contributed by atoms with Gasteiger partial charge in [0.15, 0.2) is 11.4 Å². The number of fused-ring (bicyclic) bond motifs is 6. The van der Waals surface area contributed by atoms with Gasteiger partial charge in [-0.2, -0.15) is 0 Å². The van der Waals surface area contributed by atoms with Gasteiger partial charge in [0.1, 0.15) is 17.2 Å². The highest BCUT2D eigenvalue weighted by molar-refractivity contribution is 6.12. The first-order valence-corrected chi connectivity index (χ1v) is 17.1. The summed E-state index contributed by atoms with van der Waals surface area (Å²) in [5.74, 6) is -0.845. The molecule has 0 aliphatic heterocycles. The molecule has 4 aromatic heterocycles. The number of H-pyrrole nitrogens is 2. The summed E-state index contributed by atoms with van der Waals surface area (Å²) in [4.78, 5) is 58.6. The van der Waals surface area contributed by atoms with Gasteiger partial charge in [0, 0.05) is 76.1 Å². The normalized spacial score (nSPS) is 11.1. The number of carboxylic acids is 2. The van der Waals surface area contributed by atoms with E-state index in [-0.39, 0.29) is 41.7 Å². The van der Waals surface area contributed by atoms with Crippen LogP contribution in [0.4, 0.5) is 11.4 Å². The molecule has 292 valence electrons. The van der Waals surface area contributed by atoms with E-state index in [2.05, 4.69) is 19.9 Å². The van der Waals surface area contributed by atoms with Gasteiger partial charge in [-0.05, 0) is 54.6 Å². The minimum Gasteiger partial charge on any atom is -0.477 e. The van der Waals surface area contributed by atoms with Crippen molar-refractivity contribution in [2.24, 2.45) is 0 Å². The van der Waals surface area contributed by atoms with Gasteiger partial charge >= 0.3 is 17.6 Å². The number of methoxy groups -OCH3 is 2. The number of carbonyl (C=O) groups is 2. The Bertz CT molecular complexity index is 2910. The quantitative estimate of drug-likeness (QED) is 0.0669. The van der Waals surface area contributed by atoms with E-state index in [9.17, 15) is 40.0 Å². The molecule has 0 saturated heterocycles. The number of nitro groups is 2. The maximum absolute atomic E-state index is 11.6. The summed E-state index contributed by atoms with van der Waals surface area (Å²) in [7, 11) is 2.96. The molecule has 0 amide bonds. The summed E-state index contributed by atoms with van der Waals surface area (Å²) in [6.45, 7) is 0.153. The molecule has 0 aliphatic carbocycles. The number of rotatable bonds is 12. The molecule has 4 heterocycles. The highest BCUT2D eigenvalue weighted by atomic mass is 16.6. The Morgan fingerprint density at radius 1 is 0.638 bits per heavy atom. The Morgan fingerprint density at radius 2 is 1.12 bits per heavy atom. The predicted octanol–water partition coefficient (Wildman–Crippen LogP) is 8.52. The lowest BCUT2D eigenvalue weighted by molar-refractivity contribution is -0.385. The number of benzene rings is 4. The van der Waals surface area contributed by atoms with Crippen LogP contribution < -0.4 is 9.47 Å². The molecular formula is C40H30N6O12. The summed E-state index contributed by atoms with van der Waals surface area (Å²) in [5, 5.41) is 43.8. The average molecular weight is 787 g/mol. The number of nitro benzene ring substituents is 2. The number of hydrogen-bond donors (Lipinski definition) is 4. The lowest BCUT2D eigenvalue weighted by Crippen LogP contribution is -2.07. The fourth-order valence-corrected chi connectivity index (χ4v) is 6.54. The van der Waals surface area contributed by atoms with Crippen molar-refractivity contribution in [3.8, 4) is 23.0 Å². The zero-order valence-electron chi connectivity index (χ0n) is 30.4. The summed E-state index contributed by atoms with van der Waals surface area (Å²) >= 11 is 0. The molecule has 4 N–H and O–H groups in total. The van der Waals surface area contributed by atoms with Crippen LogP contribution in [0.5, 0.6) is 23.0 Å². The highest BCUT2D eigenvalue weighted by Crippen LogP contribution is 2.37. The van der Waals surface area contributed by atoms with Gasteiger partial charge < -0.3 is 39.1 Å². The second-order valence-electron chi connectivity index (χ2n) is 12.6. The Kier molecular flexibility index (Phi) is 10.6. The topological polar surface area (TPSA) is 255 Å². The number of aromatic amines is 2. The van der Waals surface area contributed by atoms with Gasteiger partial charge in [0.05, 0.1) is 46.5 Å². The van der Waals surface area contributed by atoms with Gasteiger partial charge in [-0.3, -0.25) is 20.2 Å². The largest absolute Gasteiger partial charge is 0.477 e. The van der Waals surface area contributed by atoms with E-state index in [1.807, 2.05) is 6.07 Å². The SMILES string of the molecule is COCc1c(C(=O)O)ncc2[nH]c3ccc(Oc4ccc([N+](=O)[O-])cc4)cc3c12.COCc1c(C(=O)O)ncc2[nH]c3ccc(Oc4ccccc4[N+](=O)[O-])cc3c12. The molecule has 0 aliphatic rings. The van der Waals surface area contributed by atoms with Gasteiger partial charge in [-0.15, -0.1) is 0 Å². The number of nitrogens with one attached hydrogen (secondary N) is 2. The van der Waals surface area contributed by atoms with Crippen molar-refractivity contribution in [2.75, 3.05) is 14.2 Å². The third-order valence-electron chi connectivity index (χ3n) is 8.97. The number of carboxylic acid groups (broad SMARTS) is 2. The van der Waals surface area contributed by atoms with Crippen LogP contribution in [0.15, 0.2) is 97.3 Å². The zero-order valence-corrected chi connectivity index (χ0v) is 30.4. The molecule has 4 aromatic carbocycles. The van der Waals surface area contributed by atoms with Crippen molar-refractivity contribution >= 4 is 66.9 Å². The van der Waals surface area contributed by atoms with Crippen LogP contribution in [0.25, 0.3) is 43.6 Å². The standard InChI is InChI=1S/2C20H15N3O6/c1-28-10-15-18-14-8-13(29-12-4-2-11(3-5-12)23(26)27)6-7-16(14)22-17(18)9-21-19(15)20(24)25;1-28-10-13-18-12-8-11(29-17-5-3-2-4-16(17)23(26)27)6-7-14(12)22-15(18)9-21-19(13)20(24)25/h2*2-9,22H,10H2,1H3,(H,24,25). The molecule has 18 heteroatoms. The van der Waals surface area contributed by atoms with Gasteiger partial charge in [-0.1, -0.05) is 12.1 Å². The Morgan fingerprint density at radius 3 is 1.59 bits per heavy atom. The van der Waals surface area contributed by atoms with Crippen LogP contribution >= 0.6 is 0 Å². The average Bonchev–Trinajstić information content (AvgIpc) is 3.77. The van der Waals surface area contributed by atoms with Crippen LogP contribution in [0.3, 0.4) is 0 Å². The predicted molar refractivity (Wildman–Crippen MR) is 209 cm³/mol. The second-order valence-corrected chi connectivity index (χ2v) is 12.6. The first kappa shape index (κ1) is 38.3. The Labute approximate surface area is 325 Å². The van der Waals surface area contributed by atoms with Crippen molar-refractivity contribution < 1.29 is 48.6 Å². The fraction of sp³-hybridized carbons (Fsp3) is 0.100. The van der Waals surface area contributed by atoms with Crippen molar-refractivity contribution in [2.45, 2.75) is 13.2 Å². The number of aromatic nitrogens is 4. The lowest BCUT2D eigenvalue weighted by atomic mass is 10.1. The smallest absolute Gasteiger partial charge is 0.354 e. The van der Waals surface area contributed by atoms with E-state index < -0.39 is 21.8 Å². The van der Waals surface area contributed by atoms with E-state index in [1.165, 1.54) is 63.0 Å². The number of aromatic carboxylic acids is 2. The Hall–Kier alpha value is -7.96. The van der Waals surface area contributed by atoms with Gasteiger partial charge in [0.25, 0.3) is 5.69 Å². The van der Waals surface area contributed by atoms with Crippen LogP contribution in [0.1, 0.15) is 32.1 Å². The molecule has 0 radical (unpaired) electrons. The minimum absolute atomic E-state index is 0.0256. The number of nitrogens with zero attached hydrogens (tertiary/aromatic N) is 4. The number of para-hydroxylation sites is 2. The summed E-state index contributed by atoms with van der Waals surface area (Å²) in [6.07, 6.45) is 2.94. The monoisotopic (exact) mass is 786 g/mol. The first-order valence-electron chi connectivity index (χ1n) is 17.1. The maximum Gasteiger partial charge on any atom is 0.354 e. The molecule has 58 heavy (non-hydrogen) atoms. The minimum atomic E-state index is -1.15. The summed E-state index contributed by atoms with van der Waals surface area (Å²) in [6, 6.07) is 22.3. The van der Waals surface area contributed by atoms with Crippen molar-refractivity contribution in [1.82, 2.24) is 19.9 Å². The Balaban J connectivity index is 0.000000177. The molecule has 0 spiro atoms. The van der Waals surface area contributed by atoms with E-state index >= 15 is 0 Å². The van der Waals surface area contributed by atoms with Gasteiger partial charge in [0.2, 0.25) is 5.75 Å². The summed E-state index contributed by atoms with van der Waals surface area (Å²) in [5.41, 5.74) is 3.44. The van der Waals surface area contributed by atoms with E-state index in [0.717, 1.165) is 16.4 Å². The zero-order chi connectivity index (χ0) is 41.1. The number of pyridine rings is 2. The van der Waals surface area contributed by atoms with Crippen LogP contribution in [-0.2, 0) is 22.7 Å². The molecule has 0 saturated carbocycles. The third-order valence-corrected chi connectivity index (χ3v) is 8.97. The van der Waals surface area contributed by atoms with Crippen molar-refractivity contribution in [3.63, 3.8) is 0 Å². The molecule has 8 rings (SSSR count). The maximum atomic E-state index is 11.6. The van der Waals surface area contributed by atoms with Crippen LogP contribution in [0, 0.1) is 20.2 Å². The van der Waals surface area contributed by atoms with E-state index in [4.69, 9.17) is 18.9 Å². The fourth-order valence-electron chi connectivity index (χ4n) is 6.54. The molecule has 0 atom stereocenters. The first-order chi connectivity index (χ1) is 28.0. The lowest BCUT2D eigenvalue weighted by Gasteiger charge is -2.08. The molecule has 0 fully saturated rings. The van der Waals surface area contributed by atoms with Crippen LogP contribution in [0.2, 0.25) is 0 Å². The molecule has 0 unspecified atom stereocenters. The second kappa shape index (κ2) is 16.0. The third kappa shape index (κ3) is 7.50. The molecule has 8 aromatic rings. The molecule has 0 bridgehead atoms. The van der Waals surface area contributed by atoms with E-state index in [1.54, 1.807) is 42.5 Å². The number of ether oxygens (including phenoxy) is 4. The van der Waals surface area contributed by atoms with Crippen molar-refractivity contribution in [1.29, 1.82) is 0 Å². The molecule has 18 nitrogen and oxygen atoms in total. The number of hydrogen-bond acceptors (Lipinski definition) is 12. The number of non-ortho nitro benzene ring substituents is 1. The summed E-state index contributed by atoms with van der Waals surface area (Å²) < 4.78 is 22.0. The van der Waals surface area contributed by atoms with E-state index in [0.29, 0.717) is 55.6 Å². The molecular weight excluding hydrogens is 756 g/mol. The van der Waals surface area contributed by atoms with Gasteiger partial charge in [-0.25, -0.2) is 19.6 Å².